The fraction of sp³-hybridized carbons (Fsp3) is 0.0714. The van der Waals surface area contributed by atoms with E-state index in [2.05, 4.69) is 0 Å². The molecule has 18 heavy (non-hydrogen) atoms. The largest absolute Gasteiger partial charge is 0.478 e. The van der Waals surface area contributed by atoms with Gasteiger partial charge in [-0.1, -0.05) is 29.3 Å². The maximum atomic E-state index is 11.1. The quantitative estimate of drug-likeness (QED) is 0.904. The minimum absolute atomic E-state index is 0.0833. The lowest BCUT2D eigenvalue weighted by Gasteiger charge is -2.09. The second-order valence-corrected chi connectivity index (χ2v) is 4.30. The first kappa shape index (κ1) is 12.5. The average molecular weight is 263 g/mol. The highest BCUT2D eigenvalue weighted by molar-refractivity contribution is 6.30. The molecule has 0 fully saturated rings. The van der Waals surface area contributed by atoms with E-state index in [4.69, 9.17) is 21.4 Å². The summed E-state index contributed by atoms with van der Waals surface area (Å²) in [7, 11) is 0. The molecule has 0 aliphatic carbocycles. The Kier molecular flexibility index (Phi) is 3.53. The predicted molar refractivity (Wildman–Crippen MR) is 69.7 cm³/mol. The molecule has 3 nitrogen and oxygen atoms in total. The van der Waals surface area contributed by atoms with Crippen molar-refractivity contribution in [3.05, 3.63) is 58.6 Å². The van der Waals surface area contributed by atoms with Crippen molar-refractivity contribution in [3.63, 3.8) is 0 Å². The molecule has 2 rings (SSSR count). The molecule has 0 amide bonds. The van der Waals surface area contributed by atoms with E-state index < -0.39 is 5.97 Å². The van der Waals surface area contributed by atoms with Crippen LogP contribution >= 0.6 is 11.6 Å². The Hall–Kier alpha value is -2.00. The minimum atomic E-state index is -1.05. The molecule has 0 bridgehead atoms. The second kappa shape index (κ2) is 5.10. The van der Waals surface area contributed by atoms with Crippen LogP contribution in [-0.2, 0) is 0 Å². The Morgan fingerprint density at radius 3 is 2.44 bits per heavy atom. The van der Waals surface area contributed by atoms with Gasteiger partial charge in [0, 0.05) is 11.1 Å². The Bertz CT molecular complexity index is 576. The molecule has 1 N–H and O–H groups in total. The molecular weight excluding hydrogens is 252 g/mol. The van der Waals surface area contributed by atoms with Crippen molar-refractivity contribution in [3.8, 4) is 11.5 Å². The summed E-state index contributed by atoms with van der Waals surface area (Å²) in [6, 6.07) is 11.8. The Labute approximate surface area is 110 Å². The van der Waals surface area contributed by atoms with E-state index in [0.717, 1.165) is 5.56 Å². The van der Waals surface area contributed by atoms with Gasteiger partial charge in [0.15, 0.2) is 0 Å². The highest BCUT2D eigenvalue weighted by Crippen LogP contribution is 2.28. The van der Waals surface area contributed by atoms with Gasteiger partial charge in [0.1, 0.15) is 17.1 Å². The van der Waals surface area contributed by atoms with Gasteiger partial charge in [0.05, 0.1) is 0 Å². The number of ether oxygens (including phenoxy) is 1. The number of aromatic carboxylic acids is 1. The zero-order valence-electron chi connectivity index (χ0n) is 9.68. The number of carboxylic acid groups (broad SMARTS) is 1. The maximum absolute atomic E-state index is 11.1. The third kappa shape index (κ3) is 2.81. The summed E-state index contributed by atoms with van der Waals surface area (Å²) in [4.78, 5) is 11.1. The van der Waals surface area contributed by atoms with E-state index in [-0.39, 0.29) is 11.3 Å². The van der Waals surface area contributed by atoms with Gasteiger partial charge in [-0.3, -0.25) is 0 Å². The summed E-state index contributed by atoms with van der Waals surface area (Å²) < 4.78 is 5.54. The summed E-state index contributed by atoms with van der Waals surface area (Å²) in [6.45, 7) is 1.96. The molecule has 0 aliphatic rings. The standard InChI is InChI=1S/C14H11ClO3/c1-9-2-5-11(6-3-9)18-13-8-10(15)4-7-12(13)14(16)17/h2-8H,1H3,(H,16,17). The van der Waals surface area contributed by atoms with Crippen molar-refractivity contribution >= 4 is 17.6 Å². The van der Waals surface area contributed by atoms with Crippen LogP contribution < -0.4 is 4.74 Å². The number of hydrogen-bond acceptors (Lipinski definition) is 2. The molecule has 0 unspecified atom stereocenters. The fourth-order valence-electron chi connectivity index (χ4n) is 1.49. The van der Waals surface area contributed by atoms with E-state index in [0.29, 0.717) is 10.8 Å². The van der Waals surface area contributed by atoms with E-state index in [9.17, 15) is 4.79 Å². The summed E-state index contributed by atoms with van der Waals surface area (Å²) >= 11 is 5.84. The molecule has 0 spiro atoms. The number of aryl methyl sites for hydroxylation is 1. The van der Waals surface area contributed by atoms with Crippen LogP contribution in [0.1, 0.15) is 15.9 Å². The normalized spacial score (nSPS) is 10.1. The summed E-state index contributed by atoms with van der Waals surface area (Å²) in [5.74, 6) is -0.238. The van der Waals surface area contributed by atoms with E-state index in [1.807, 2.05) is 19.1 Å². The van der Waals surface area contributed by atoms with Crippen LogP contribution in [0, 0.1) is 6.92 Å². The lowest BCUT2D eigenvalue weighted by molar-refractivity contribution is 0.0694. The van der Waals surface area contributed by atoms with Gasteiger partial charge >= 0.3 is 5.97 Å². The first-order valence-corrected chi connectivity index (χ1v) is 5.71. The number of hydrogen-bond donors (Lipinski definition) is 1. The monoisotopic (exact) mass is 262 g/mol. The van der Waals surface area contributed by atoms with Crippen LogP contribution in [0.2, 0.25) is 5.02 Å². The molecule has 92 valence electrons. The Morgan fingerprint density at radius 2 is 1.83 bits per heavy atom. The number of carbonyl (C=O) groups is 1. The Balaban J connectivity index is 2.35. The average Bonchev–Trinajstić information content (AvgIpc) is 2.32. The van der Waals surface area contributed by atoms with Crippen LogP contribution in [0.25, 0.3) is 0 Å². The number of halogens is 1. The third-order valence-electron chi connectivity index (χ3n) is 2.42. The molecule has 2 aromatic carbocycles. The van der Waals surface area contributed by atoms with Gasteiger partial charge in [-0.25, -0.2) is 4.79 Å². The molecule has 0 saturated carbocycles. The van der Waals surface area contributed by atoms with E-state index in [1.165, 1.54) is 18.2 Å². The van der Waals surface area contributed by atoms with Gasteiger partial charge in [-0.2, -0.15) is 0 Å². The molecule has 0 saturated heterocycles. The minimum Gasteiger partial charge on any atom is -0.478 e. The summed E-state index contributed by atoms with van der Waals surface area (Å²) in [6.07, 6.45) is 0. The fourth-order valence-corrected chi connectivity index (χ4v) is 1.65. The second-order valence-electron chi connectivity index (χ2n) is 3.86. The topological polar surface area (TPSA) is 46.5 Å². The molecule has 0 heterocycles. The van der Waals surface area contributed by atoms with Crippen molar-refractivity contribution in [1.29, 1.82) is 0 Å². The van der Waals surface area contributed by atoms with Crippen molar-refractivity contribution in [2.75, 3.05) is 0 Å². The van der Waals surface area contributed by atoms with Gasteiger partial charge < -0.3 is 9.84 Å². The number of carboxylic acids is 1. The molecule has 0 atom stereocenters. The lowest BCUT2D eigenvalue weighted by Crippen LogP contribution is -1.99. The van der Waals surface area contributed by atoms with Gasteiger partial charge in [-0.15, -0.1) is 0 Å². The molecular formula is C14H11ClO3. The van der Waals surface area contributed by atoms with Gasteiger partial charge in [0.25, 0.3) is 0 Å². The van der Waals surface area contributed by atoms with Crippen LogP contribution in [0.4, 0.5) is 0 Å². The zero-order valence-corrected chi connectivity index (χ0v) is 10.4. The van der Waals surface area contributed by atoms with Gasteiger partial charge in [-0.05, 0) is 31.2 Å². The summed E-state index contributed by atoms with van der Waals surface area (Å²) in [5, 5.41) is 9.49. The molecule has 0 aromatic heterocycles. The van der Waals surface area contributed by atoms with Crippen molar-refractivity contribution in [2.45, 2.75) is 6.92 Å². The first-order chi connectivity index (χ1) is 8.56. The SMILES string of the molecule is Cc1ccc(Oc2cc(Cl)ccc2C(=O)O)cc1. The van der Waals surface area contributed by atoms with Crippen LogP contribution in [-0.4, -0.2) is 11.1 Å². The summed E-state index contributed by atoms with van der Waals surface area (Å²) in [5.41, 5.74) is 1.19. The predicted octanol–water partition coefficient (Wildman–Crippen LogP) is 4.14. The maximum Gasteiger partial charge on any atom is 0.339 e. The van der Waals surface area contributed by atoms with Crippen LogP contribution in [0.3, 0.4) is 0 Å². The number of rotatable bonds is 3. The van der Waals surface area contributed by atoms with Crippen molar-refractivity contribution in [2.24, 2.45) is 0 Å². The van der Waals surface area contributed by atoms with Crippen molar-refractivity contribution < 1.29 is 14.6 Å². The van der Waals surface area contributed by atoms with E-state index in [1.54, 1.807) is 12.1 Å². The van der Waals surface area contributed by atoms with Gasteiger partial charge in [0.2, 0.25) is 0 Å². The lowest BCUT2D eigenvalue weighted by atomic mass is 10.2. The van der Waals surface area contributed by atoms with Crippen molar-refractivity contribution in [1.82, 2.24) is 0 Å². The Morgan fingerprint density at radius 1 is 1.17 bits per heavy atom. The molecule has 2 aromatic rings. The van der Waals surface area contributed by atoms with E-state index >= 15 is 0 Å². The molecule has 0 aliphatic heterocycles. The number of benzene rings is 2. The molecule has 4 heteroatoms. The highest BCUT2D eigenvalue weighted by Gasteiger charge is 2.12. The molecule has 0 radical (unpaired) electrons. The third-order valence-corrected chi connectivity index (χ3v) is 2.66. The zero-order chi connectivity index (χ0) is 13.1. The smallest absolute Gasteiger partial charge is 0.339 e. The highest BCUT2D eigenvalue weighted by atomic mass is 35.5. The van der Waals surface area contributed by atoms with Crippen LogP contribution in [0.15, 0.2) is 42.5 Å². The van der Waals surface area contributed by atoms with Crippen LogP contribution in [0.5, 0.6) is 11.5 Å². The first-order valence-electron chi connectivity index (χ1n) is 5.33.